The maximum Gasteiger partial charge on any atom is 0.291 e. The van der Waals surface area contributed by atoms with Crippen LogP contribution in [-0.2, 0) is 4.74 Å². The first-order chi connectivity index (χ1) is 10.6. The molecular formula is C15H17FN4O2. The van der Waals surface area contributed by atoms with Gasteiger partial charge in [-0.3, -0.25) is 4.79 Å². The fourth-order valence-corrected chi connectivity index (χ4v) is 2.40. The summed E-state index contributed by atoms with van der Waals surface area (Å²) in [6, 6.07) is 5.98. The quantitative estimate of drug-likeness (QED) is 0.935. The Labute approximate surface area is 127 Å². The average Bonchev–Trinajstić information content (AvgIpc) is 2.91. The number of hydrogen-bond donors (Lipinski definition) is 1. The minimum Gasteiger partial charge on any atom is -0.381 e. The van der Waals surface area contributed by atoms with E-state index >= 15 is 0 Å². The van der Waals surface area contributed by atoms with Gasteiger partial charge in [0.25, 0.3) is 5.91 Å². The van der Waals surface area contributed by atoms with Crippen molar-refractivity contribution >= 4 is 5.91 Å². The number of ether oxygens (including phenoxy) is 1. The molecule has 0 unspecified atom stereocenters. The van der Waals surface area contributed by atoms with E-state index in [4.69, 9.17) is 4.74 Å². The molecule has 1 aromatic carbocycles. The monoisotopic (exact) mass is 304 g/mol. The van der Waals surface area contributed by atoms with Crippen molar-refractivity contribution in [2.24, 2.45) is 0 Å². The number of carbonyl (C=O) groups excluding carboxylic acids is 1. The van der Waals surface area contributed by atoms with E-state index in [0.717, 1.165) is 12.8 Å². The van der Waals surface area contributed by atoms with Crippen molar-refractivity contribution in [2.75, 3.05) is 13.2 Å². The summed E-state index contributed by atoms with van der Waals surface area (Å²) >= 11 is 0. The zero-order chi connectivity index (χ0) is 15.5. The molecule has 0 saturated carbocycles. The van der Waals surface area contributed by atoms with Crippen LogP contribution < -0.4 is 5.32 Å². The molecule has 1 aliphatic rings. The molecule has 6 nitrogen and oxygen atoms in total. The third-order valence-electron chi connectivity index (χ3n) is 3.60. The lowest BCUT2D eigenvalue weighted by Gasteiger charge is -2.22. The number of benzene rings is 1. The van der Waals surface area contributed by atoms with Crippen LogP contribution >= 0.6 is 0 Å². The van der Waals surface area contributed by atoms with Crippen LogP contribution in [0.15, 0.2) is 24.3 Å². The number of amides is 1. The zero-order valence-electron chi connectivity index (χ0n) is 12.3. The summed E-state index contributed by atoms with van der Waals surface area (Å²) < 4.78 is 19.8. The maximum atomic E-state index is 13.0. The zero-order valence-corrected chi connectivity index (χ0v) is 12.3. The second-order valence-electron chi connectivity index (χ2n) is 5.23. The normalized spacial score (nSPS) is 15.7. The Kier molecular flexibility index (Phi) is 4.15. The molecule has 2 aromatic rings. The van der Waals surface area contributed by atoms with E-state index < -0.39 is 0 Å². The SMILES string of the molecule is Cc1nc(C(=O)NC2CCOCC2)nn1-c1ccc(F)cc1. The summed E-state index contributed by atoms with van der Waals surface area (Å²) in [4.78, 5) is 16.4. The van der Waals surface area contributed by atoms with Crippen molar-refractivity contribution in [1.29, 1.82) is 0 Å². The van der Waals surface area contributed by atoms with Crippen molar-refractivity contribution in [1.82, 2.24) is 20.1 Å². The molecule has 1 aromatic heterocycles. The van der Waals surface area contributed by atoms with Gasteiger partial charge in [0, 0.05) is 19.3 Å². The van der Waals surface area contributed by atoms with E-state index in [0.29, 0.717) is 24.7 Å². The van der Waals surface area contributed by atoms with E-state index in [9.17, 15) is 9.18 Å². The van der Waals surface area contributed by atoms with Gasteiger partial charge in [-0.05, 0) is 44.0 Å². The van der Waals surface area contributed by atoms with Crippen LogP contribution in [0, 0.1) is 12.7 Å². The number of aryl methyl sites for hydroxylation is 1. The number of rotatable bonds is 3. The van der Waals surface area contributed by atoms with Gasteiger partial charge >= 0.3 is 0 Å². The molecule has 2 heterocycles. The average molecular weight is 304 g/mol. The Morgan fingerprint density at radius 3 is 2.68 bits per heavy atom. The molecule has 0 radical (unpaired) electrons. The van der Waals surface area contributed by atoms with Gasteiger partial charge in [-0.15, -0.1) is 5.10 Å². The molecule has 116 valence electrons. The fraction of sp³-hybridized carbons (Fsp3) is 0.400. The van der Waals surface area contributed by atoms with Gasteiger partial charge in [0.1, 0.15) is 11.6 Å². The van der Waals surface area contributed by atoms with Crippen LogP contribution in [0.3, 0.4) is 0 Å². The minimum absolute atomic E-state index is 0.0966. The van der Waals surface area contributed by atoms with Crippen molar-refractivity contribution in [3.8, 4) is 5.69 Å². The van der Waals surface area contributed by atoms with E-state index in [-0.39, 0.29) is 23.6 Å². The smallest absolute Gasteiger partial charge is 0.291 e. The number of carbonyl (C=O) groups is 1. The van der Waals surface area contributed by atoms with Crippen molar-refractivity contribution < 1.29 is 13.9 Å². The molecule has 0 spiro atoms. The van der Waals surface area contributed by atoms with E-state index in [1.165, 1.54) is 16.8 Å². The first-order valence-corrected chi connectivity index (χ1v) is 7.22. The van der Waals surface area contributed by atoms with Crippen molar-refractivity contribution in [2.45, 2.75) is 25.8 Å². The Morgan fingerprint density at radius 2 is 2.00 bits per heavy atom. The lowest BCUT2D eigenvalue weighted by Crippen LogP contribution is -2.39. The predicted molar refractivity (Wildman–Crippen MR) is 77.4 cm³/mol. The van der Waals surface area contributed by atoms with Gasteiger partial charge < -0.3 is 10.1 Å². The lowest BCUT2D eigenvalue weighted by atomic mass is 10.1. The Bertz CT molecular complexity index is 663. The first-order valence-electron chi connectivity index (χ1n) is 7.22. The molecule has 1 fully saturated rings. The molecule has 0 atom stereocenters. The van der Waals surface area contributed by atoms with Gasteiger partial charge in [-0.1, -0.05) is 0 Å². The number of aromatic nitrogens is 3. The van der Waals surface area contributed by atoms with E-state index in [2.05, 4.69) is 15.4 Å². The van der Waals surface area contributed by atoms with Crippen molar-refractivity contribution in [3.05, 3.63) is 41.7 Å². The van der Waals surface area contributed by atoms with Crippen LogP contribution in [0.1, 0.15) is 29.3 Å². The Morgan fingerprint density at radius 1 is 1.32 bits per heavy atom. The van der Waals surface area contributed by atoms with Crippen LogP contribution in [0.4, 0.5) is 4.39 Å². The molecule has 1 N–H and O–H groups in total. The second-order valence-corrected chi connectivity index (χ2v) is 5.23. The molecule has 1 amide bonds. The highest BCUT2D eigenvalue weighted by Gasteiger charge is 2.20. The summed E-state index contributed by atoms with van der Waals surface area (Å²) in [6.45, 7) is 3.06. The molecule has 0 aliphatic carbocycles. The summed E-state index contributed by atoms with van der Waals surface area (Å²) in [5.41, 5.74) is 0.663. The molecule has 22 heavy (non-hydrogen) atoms. The van der Waals surface area contributed by atoms with Gasteiger partial charge in [0.05, 0.1) is 5.69 Å². The van der Waals surface area contributed by atoms with Gasteiger partial charge in [0.2, 0.25) is 5.82 Å². The van der Waals surface area contributed by atoms with Gasteiger partial charge in [-0.25, -0.2) is 14.1 Å². The summed E-state index contributed by atoms with van der Waals surface area (Å²) in [7, 11) is 0. The molecule has 3 rings (SSSR count). The summed E-state index contributed by atoms with van der Waals surface area (Å²) in [5, 5.41) is 7.13. The van der Waals surface area contributed by atoms with Gasteiger partial charge in [0.15, 0.2) is 0 Å². The number of nitrogens with zero attached hydrogens (tertiary/aromatic N) is 3. The third-order valence-corrected chi connectivity index (χ3v) is 3.60. The molecule has 0 bridgehead atoms. The molecular weight excluding hydrogens is 287 g/mol. The number of hydrogen-bond acceptors (Lipinski definition) is 4. The molecule has 7 heteroatoms. The number of nitrogens with one attached hydrogen (secondary N) is 1. The third kappa shape index (κ3) is 3.14. The Balaban J connectivity index is 1.76. The van der Waals surface area contributed by atoms with E-state index in [1.807, 2.05) is 0 Å². The van der Waals surface area contributed by atoms with Crippen LogP contribution in [0.25, 0.3) is 5.69 Å². The first kappa shape index (κ1) is 14.6. The van der Waals surface area contributed by atoms with Crippen LogP contribution in [0.5, 0.6) is 0 Å². The standard InChI is InChI=1S/C15H17FN4O2/c1-10-17-14(15(21)18-12-6-8-22-9-7-12)19-20(10)13-4-2-11(16)3-5-13/h2-5,12H,6-9H2,1H3,(H,18,21). The highest BCUT2D eigenvalue weighted by molar-refractivity contribution is 5.90. The Hall–Kier alpha value is -2.28. The lowest BCUT2D eigenvalue weighted by molar-refractivity contribution is 0.0691. The van der Waals surface area contributed by atoms with Crippen molar-refractivity contribution in [3.63, 3.8) is 0 Å². The van der Waals surface area contributed by atoms with Crippen LogP contribution in [-0.4, -0.2) is 39.9 Å². The predicted octanol–water partition coefficient (Wildman–Crippen LogP) is 1.62. The van der Waals surface area contributed by atoms with E-state index in [1.54, 1.807) is 19.1 Å². The highest BCUT2D eigenvalue weighted by atomic mass is 19.1. The number of halogens is 1. The second kappa shape index (κ2) is 6.23. The van der Waals surface area contributed by atoms with Crippen LogP contribution in [0.2, 0.25) is 0 Å². The molecule has 1 aliphatic heterocycles. The summed E-state index contributed by atoms with van der Waals surface area (Å²) in [5.74, 6) is 0.0758. The van der Waals surface area contributed by atoms with Gasteiger partial charge in [-0.2, -0.15) is 0 Å². The largest absolute Gasteiger partial charge is 0.381 e. The fourth-order valence-electron chi connectivity index (χ4n) is 2.40. The molecule has 1 saturated heterocycles. The highest BCUT2D eigenvalue weighted by Crippen LogP contribution is 2.11. The summed E-state index contributed by atoms with van der Waals surface area (Å²) in [6.07, 6.45) is 1.59. The minimum atomic E-state index is -0.320. The maximum absolute atomic E-state index is 13.0. The topological polar surface area (TPSA) is 69.0 Å².